The second kappa shape index (κ2) is 5.31. The van der Waals surface area contributed by atoms with Gasteiger partial charge in [-0.15, -0.1) is 0 Å². The lowest BCUT2D eigenvalue weighted by atomic mass is 10.3. The van der Waals surface area contributed by atoms with E-state index in [0.29, 0.717) is 6.42 Å². The predicted octanol–water partition coefficient (Wildman–Crippen LogP) is 1.74. The van der Waals surface area contributed by atoms with Crippen LogP contribution in [0.25, 0.3) is 0 Å². The second-order valence-electron chi connectivity index (χ2n) is 3.10. The van der Waals surface area contributed by atoms with Crippen LogP contribution in [0.15, 0.2) is 24.3 Å². The zero-order chi connectivity index (χ0) is 11.3. The van der Waals surface area contributed by atoms with Crippen molar-refractivity contribution in [3.05, 3.63) is 34.4 Å². The molecule has 5 heteroatoms. The predicted molar refractivity (Wildman–Crippen MR) is 54.9 cm³/mol. The molecule has 0 aliphatic heterocycles. The first-order valence-electron chi connectivity index (χ1n) is 4.69. The summed E-state index contributed by atoms with van der Waals surface area (Å²) in [4.78, 5) is 10.1. The molecule has 82 valence electrons. The second-order valence-corrected chi connectivity index (χ2v) is 3.10. The van der Waals surface area contributed by atoms with Gasteiger partial charge in [-0.2, -0.15) is 0 Å². The van der Waals surface area contributed by atoms with Crippen LogP contribution < -0.4 is 4.74 Å². The third-order valence-electron chi connectivity index (χ3n) is 1.96. The summed E-state index contributed by atoms with van der Waals surface area (Å²) in [6.45, 7) is 1.88. The molecule has 1 unspecified atom stereocenters. The summed E-state index contributed by atoms with van der Waals surface area (Å²) in [6.07, 6.45) is -0.0366. The summed E-state index contributed by atoms with van der Waals surface area (Å²) in [7, 11) is 0. The largest absolute Gasteiger partial charge is 0.484 e. The monoisotopic (exact) mass is 211 g/mol. The number of rotatable bonds is 5. The van der Waals surface area contributed by atoms with E-state index in [4.69, 9.17) is 4.74 Å². The Bertz CT molecular complexity index is 340. The summed E-state index contributed by atoms with van der Waals surface area (Å²) >= 11 is 0. The molecule has 0 amide bonds. The van der Waals surface area contributed by atoms with Crippen molar-refractivity contribution in [2.75, 3.05) is 6.61 Å². The van der Waals surface area contributed by atoms with Crippen molar-refractivity contribution in [2.24, 2.45) is 0 Å². The molecule has 0 spiro atoms. The van der Waals surface area contributed by atoms with Gasteiger partial charge in [0.05, 0.1) is 11.0 Å². The number of hydrogen-bond acceptors (Lipinski definition) is 4. The van der Waals surface area contributed by atoms with Crippen molar-refractivity contribution in [2.45, 2.75) is 19.4 Å². The quantitative estimate of drug-likeness (QED) is 0.594. The molecular formula is C10H13NO4. The SMILES string of the molecule is CCC(O)COc1ccccc1[N+](=O)[O-]. The number of ether oxygens (including phenoxy) is 1. The van der Waals surface area contributed by atoms with Crippen LogP contribution in [-0.4, -0.2) is 22.7 Å². The lowest BCUT2D eigenvalue weighted by Crippen LogP contribution is -2.16. The zero-order valence-electron chi connectivity index (χ0n) is 8.42. The Morgan fingerprint density at radius 2 is 2.20 bits per heavy atom. The molecule has 0 fully saturated rings. The highest BCUT2D eigenvalue weighted by atomic mass is 16.6. The highest BCUT2D eigenvalue weighted by Gasteiger charge is 2.14. The van der Waals surface area contributed by atoms with Gasteiger partial charge in [-0.1, -0.05) is 19.1 Å². The Kier molecular flexibility index (Phi) is 4.05. The topological polar surface area (TPSA) is 72.6 Å². The van der Waals surface area contributed by atoms with Crippen LogP contribution in [-0.2, 0) is 0 Å². The van der Waals surface area contributed by atoms with E-state index in [1.807, 2.05) is 6.92 Å². The van der Waals surface area contributed by atoms with Gasteiger partial charge in [-0.3, -0.25) is 10.1 Å². The number of hydrogen-bond donors (Lipinski definition) is 1. The Morgan fingerprint density at radius 3 is 2.80 bits per heavy atom. The highest BCUT2D eigenvalue weighted by molar-refractivity contribution is 5.45. The van der Waals surface area contributed by atoms with E-state index in [1.165, 1.54) is 12.1 Å². The molecule has 1 N–H and O–H groups in total. The van der Waals surface area contributed by atoms with Gasteiger partial charge in [0.2, 0.25) is 0 Å². The van der Waals surface area contributed by atoms with Gasteiger partial charge in [0, 0.05) is 6.07 Å². The summed E-state index contributed by atoms with van der Waals surface area (Å²) in [5, 5.41) is 19.9. The van der Waals surface area contributed by atoms with Gasteiger partial charge < -0.3 is 9.84 Å². The first-order chi connectivity index (χ1) is 7.15. The van der Waals surface area contributed by atoms with E-state index in [1.54, 1.807) is 12.1 Å². The molecule has 1 rings (SSSR count). The van der Waals surface area contributed by atoms with Gasteiger partial charge in [0.1, 0.15) is 6.61 Å². The minimum Gasteiger partial charge on any atom is -0.484 e. The zero-order valence-corrected chi connectivity index (χ0v) is 8.42. The molecule has 0 heterocycles. The minimum absolute atomic E-state index is 0.0708. The van der Waals surface area contributed by atoms with Crippen molar-refractivity contribution in [3.63, 3.8) is 0 Å². The van der Waals surface area contributed by atoms with Crippen LogP contribution in [0.3, 0.4) is 0 Å². The van der Waals surface area contributed by atoms with E-state index in [2.05, 4.69) is 0 Å². The van der Waals surface area contributed by atoms with Gasteiger partial charge in [-0.05, 0) is 12.5 Å². The fourth-order valence-corrected chi connectivity index (χ4v) is 1.03. The molecule has 0 saturated heterocycles. The minimum atomic E-state index is -0.593. The number of aliphatic hydroxyl groups excluding tert-OH is 1. The molecular weight excluding hydrogens is 198 g/mol. The van der Waals surface area contributed by atoms with Gasteiger partial charge in [0.15, 0.2) is 5.75 Å². The van der Waals surface area contributed by atoms with E-state index in [-0.39, 0.29) is 18.0 Å². The average Bonchev–Trinajstić information content (AvgIpc) is 2.26. The van der Waals surface area contributed by atoms with Crippen LogP contribution in [0.2, 0.25) is 0 Å². The Hall–Kier alpha value is -1.62. The fourth-order valence-electron chi connectivity index (χ4n) is 1.03. The lowest BCUT2D eigenvalue weighted by molar-refractivity contribution is -0.385. The summed E-state index contributed by atoms with van der Waals surface area (Å²) in [5.41, 5.74) is -0.0826. The van der Waals surface area contributed by atoms with E-state index >= 15 is 0 Å². The standard InChI is InChI=1S/C10H13NO4/c1-2-8(12)7-15-10-6-4-3-5-9(10)11(13)14/h3-6,8,12H,2,7H2,1H3. The molecule has 0 radical (unpaired) electrons. The molecule has 1 atom stereocenters. The molecule has 1 aromatic carbocycles. The summed E-state index contributed by atoms with van der Waals surface area (Å²) < 4.78 is 5.16. The Morgan fingerprint density at radius 1 is 1.53 bits per heavy atom. The molecule has 0 aliphatic carbocycles. The Labute approximate surface area is 87.5 Å². The van der Waals surface area contributed by atoms with Crippen LogP contribution in [0, 0.1) is 10.1 Å². The third kappa shape index (κ3) is 3.21. The molecule has 0 aliphatic rings. The molecule has 1 aromatic rings. The average molecular weight is 211 g/mol. The van der Waals surface area contributed by atoms with Crippen molar-refractivity contribution in [1.29, 1.82) is 0 Å². The maximum absolute atomic E-state index is 10.6. The van der Waals surface area contributed by atoms with Crippen LogP contribution in [0.4, 0.5) is 5.69 Å². The summed E-state index contributed by atoms with van der Waals surface area (Å²) in [6, 6.07) is 6.11. The first-order valence-corrected chi connectivity index (χ1v) is 4.69. The van der Waals surface area contributed by atoms with E-state index < -0.39 is 11.0 Å². The molecule has 0 aromatic heterocycles. The lowest BCUT2D eigenvalue weighted by Gasteiger charge is -2.09. The molecule has 15 heavy (non-hydrogen) atoms. The van der Waals surface area contributed by atoms with Crippen LogP contribution in [0.5, 0.6) is 5.75 Å². The number of nitro benzene ring substituents is 1. The highest BCUT2D eigenvalue weighted by Crippen LogP contribution is 2.25. The van der Waals surface area contributed by atoms with E-state index in [0.717, 1.165) is 0 Å². The molecule has 5 nitrogen and oxygen atoms in total. The van der Waals surface area contributed by atoms with Gasteiger partial charge in [0.25, 0.3) is 0 Å². The van der Waals surface area contributed by atoms with E-state index in [9.17, 15) is 15.2 Å². The molecule has 0 bridgehead atoms. The maximum Gasteiger partial charge on any atom is 0.310 e. The first kappa shape index (κ1) is 11.5. The molecule has 0 saturated carbocycles. The van der Waals surface area contributed by atoms with Gasteiger partial charge >= 0.3 is 5.69 Å². The normalized spacial score (nSPS) is 12.1. The van der Waals surface area contributed by atoms with Gasteiger partial charge in [-0.25, -0.2) is 0 Å². The smallest absolute Gasteiger partial charge is 0.310 e. The van der Waals surface area contributed by atoms with Crippen LogP contribution >= 0.6 is 0 Å². The summed E-state index contributed by atoms with van der Waals surface area (Å²) in [5.74, 6) is 0.190. The fraction of sp³-hybridized carbons (Fsp3) is 0.400. The van der Waals surface area contributed by atoms with Crippen LogP contribution in [0.1, 0.15) is 13.3 Å². The number of nitrogens with zero attached hydrogens (tertiary/aromatic N) is 1. The number of aliphatic hydroxyl groups is 1. The van der Waals surface area contributed by atoms with Crippen molar-refractivity contribution in [3.8, 4) is 5.75 Å². The van der Waals surface area contributed by atoms with Crippen molar-refractivity contribution in [1.82, 2.24) is 0 Å². The number of nitro groups is 1. The van der Waals surface area contributed by atoms with Crippen molar-refractivity contribution >= 4 is 5.69 Å². The number of para-hydroxylation sites is 2. The van der Waals surface area contributed by atoms with Crippen molar-refractivity contribution < 1.29 is 14.8 Å². The maximum atomic E-state index is 10.6. The third-order valence-corrected chi connectivity index (χ3v) is 1.96. The Balaban J connectivity index is 2.72. The number of benzene rings is 1.